The van der Waals surface area contributed by atoms with E-state index < -0.39 is 21.7 Å². The highest BCUT2D eigenvalue weighted by molar-refractivity contribution is 7.89. The average Bonchev–Trinajstić information content (AvgIpc) is 2.84. The second-order valence-corrected chi connectivity index (χ2v) is 6.13. The summed E-state index contributed by atoms with van der Waals surface area (Å²) in [4.78, 5) is 11.8. The third-order valence-corrected chi connectivity index (χ3v) is 4.04. The molecular formula is C11H9FN2O3S2. The number of nitrogens with two attached hydrogens (primary N) is 1. The van der Waals surface area contributed by atoms with E-state index in [0.717, 1.165) is 18.2 Å². The van der Waals surface area contributed by atoms with Gasteiger partial charge in [-0.1, -0.05) is 6.07 Å². The van der Waals surface area contributed by atoms with Gasteiger partial charge in [0.1, 0.15) is 5.82 Å². The normalized spacial score (nSPS) is 11.3. The van der Waals surface area contributed by atoms with Gasteiger partial charge in [-0.3, -0.25) is 4.79 Å². The molecule has 19 heavy (non-hydrogen) atoms. The molecule has 0 spiro atoms. The van der Waals surface area contributed by atoms with E-state index in [2.05, 4.69) is 5.32 Å². The van der Waals surface area contributed by atoms with Crippen LogP contribution < -0.4 is 10.5 Å². The topological polar surface area (TPSA) is 89.3 Å². The minimum atomic E-state index is -3.96. The molecule has 0 unspecified atom stereocenters. The van der Waals surface area contributed by atoms with Crippen LogP contribution in [0.5, 0.6) is 0 Å². The van der Waals surface area contributed by atoms with E-state index in [0.29, 0.717) is 4.88 Å². The molecule has 1 aromatic carbocycles. The van der Waals surface area contributed by atoms with Crippen molar-refractivity contribution in [3.8, 4) is 0 Å². The van der Waals surface area contributed by atoms with Crippen LogP contribution in [0, 0.1) is 5.82 Å². The summed E-state index contributed by atoms with van der Waals surface area (Å²) < 4.78 is 35.7. The first-order chi connectivity index (χ1) is 8.88. The second kappa shape index (κ2) is 5.08. The van der Waals surface area contributed by atoms with Crippen molar-refractivity contribution >= 4 is 33.0 Å². The maximum atomic E-state index is 13.7. The molecule has 0 aliphatic heterocycles. The third kappa shape index (κ3) is 3.16. The maximum Gasteiger partial charge on any atom is 0.265 e. The lowest BCUT2D eigenvalue weighted by Crippen LogP contribution is -2.14. The van der Waals surface area contributed by atoms with Crippen LogP contribution in [0.1, 0.15) is 9.67 Å². The standard InChI is InChI=1S/C11H9FN2O3S2/c12-8-6-7(19(13,16)17)3-4-9(8)14-11(15)10-2-1-5-18-10/h1-6H,(H,14,15)(H2,13,16,17). The molecule has 2 rings (SSSR count). The number of primary sulfonamides is 1. The lowest BCUT2D eigenvalue weighted by Gasteiger charge is -2.06. The Hall–Kier alpha value is -1.77. The summed E-state index contributed by atoms with van der Waals surface area (Å²) in [5.74, 6) is -1.33. The molecule has 3 N–H and O–H groups in total. The van der Waals surface area contributed by atoms with Crippen LogP contribution in [-0.4, -0.2) is 14.3 Å². The summed E-state index contributed by atoms with van der Waals surface area (Å²) in [5, 5.41) is 8.94. The highest BCUT2D eigenvalue weighted by Gasteiger charge is 2.14. The second-order valence-electron chi connectivity index (χ2n) is 3.62. The van der Waals surface area contributed by atoms with Crippen LogP contribution in [-0.2, 0) is 10.0 Å². The molecule has 1 heterocycles. The summed E-state index contributed by atoms with van der Waals surface area (Å²) in [7, 11) is -3.96. The number of hydrogen-bond acceptors (Lipinski definition) is 4. The molecule has 0 saturated carbocycles. The van der Waals surface area contributed by atoms with Gasteiger partial charge in [0.25, 0.3) is 5.91 Å². The van der Waals surface area contributed by atoms with Crippen molar-refractivity contribution in [1.29, 1.82) is 0 Å². The molecule has 0 aliphatic carbocycles. The fourth-order valence-corrected chi connectivity index (χ4v) is 2.51. The Morgan fingerprint density at radius 1 is 1.32 bits per heavy atom. The van der Waals surface area contributed by atoms with Crippen molar-refractivity contribution in [3.05, 3.63) is 46.4 Å². The Kier molecular flexibility index (Phi) is 3.65. The fraction of sp³-hybridized carbons (Fsp3) is 0. The first-order valence-electron chi connectivity index (χ1n) is 5.05. The number of sulfonamides is 1. The van der Waals surface area contributed by atoms with Crippen molar-refractivity contribution in [3.63, 3.8) is 0 Å². The first kappa shape index (κ1) is 13.7. The zero-order valence-electron chi connectivity index (χ0n) is 9.46. The van der Waals surface area contributed by atoms with Crippen LogP contribution in [0.15, 0.2) is 40.6 Å². The molecule has 0 atom stereocenters. The van der Waals surface area contributed by atoms with E-state index in [1.54, 1.807) is 17.5 Å². The van der Waals surface area contributed by atoms with Gasteiger partial charge in [0.2, 0.25) is 10.0 Å². The number of rotatable bonds is 3. The van der Waals surface area contributed by atoms with E-state index in [9.17, 15) is 17.6 Å². The smallest absolute Gasteiger partial charge is 0.265 e. The number of thiophene rings is 1. The van der Waals surface area contributed by atoms with Gasteiger partial charge in [-0.25, -0.2) is 17.9 Å². The zero-order valence-corrected chi connectivity index (χ0v) is 11.1. The van der Waals surface area contributed by atoms with E-state index in [-0.39, 0.29) is 10.6 Å². The van der Waals surface area contributed by atoms with Crippen LogP contribution >= 0.6 is 11.3 Å². The third-order valence-electron chi connectivity index (χ3n) is 2.26. The Bertz CT molecular complexity index is 712. The number of nitrogens with one attached hydrogen (secondary N) is 1. The Morgan fingerprint density at radius 2 is 2.05 bits per heavy atom. The monoisotopic (exact) mass is 300 g/mol. The van der Waals surface area contributed by atoms with Crippen LogP contribution in [0.4, 0.5) is 10.1 Å². The molecule has 0 radical (unpaired) electrons. The van der Waals surface area contributed by atoms with E-state index >= 15 is 0 Å². The summed E-state index contributed by atoms with van der Waals surface area (Å²) in [6.07, 6.45) is 0. The van der Waals surface area contributed by atoms with E-state index in [1.807, 2.05) is 0 Å². The van der Waals surface area contributed by atoms with Gasteiger partial charge >= 0.3 is 0 Å². The molecular weight excluding hydrogens is 291 g/mol. The van der Waals surface area contributed by atoms with Gasteiger partial charge in [0.05, 0.1) is 15.5 Å². The highest BCUT2D eigenvalue weighted by Crippen LogP contribution is 2.19. The summed E-state index contributed by atoms with van der Waals surface area (Å²) in [5.41, 5.74) is -0.106. The Morgan fingerprint density at radius 3 is 2.58 bits per heavy atom. The first-order valence-corrected chi connectivity index (χ1v) is 7.48. The number of amides is 1. The molecule has 0 fully saturated rings. The lowest BCUT2D eigenvalue weighted by atomic mass is 10.3. The van der Waals surface area contributed by atoms with Gasteiger partial charge < -0.3 is 5.32 Å². The van der Waals surface area contributed by atoms with Gasteiger partial charge in [0, 0.05) is 0 Å². The lowest BCUT2D eigenvalue weighted by molar-refractivity contribution is 0.103. The highest BCUT2D eigenvalue weighted by atomic mass is 32.2. The molecule has 5 nitrogen and oxygen atoms in total. The van der Waals surface area contributed by atoms with E-state index in [1.165, 1.54) is 11.3 Å². The van der Waals surface area contributed by atoms with Crippen molar-refractivity contribution in [2.45, 2.75) is 4.90 Å². The average molecular weight is 300 g/mol. The van der Waals surface area contributed by atoms with Crippen LogP contribution in [0.2, 0.25) is 0 Å². The summed E-state index contributed by atoms with van der Waals surface area (Å²) in [6, 6.07) is 6.33. The Balaban J connectivity index is 2.25. The van der Waals surface area contributed by atoms with Gasteiger partial charge in [-0.2, -0.15) is 0 Å². The predicted octanol–water partition coefficient (Wildman–Crippen LogP) is 1.79. The number of halogens is 1. The largest absolute Gasteiger partial charge is 0.319 e. The van der Waals surface area contributed by atoms with Crippen molar-refractivity contribution < 1.29 is 17.6 Å². The molecule has 1 aromatic heterocycles. The predicted molar refractivity (Wildman–Crippen MR) is 70.0 cm³/mol. The number of anilines is 1. The minimum Gasteiger partial charge on any atom is -0.319 e. The quantitative estimate of drug-likeness (QED) is 0.905. The minimum absolute atomic E-state index is 0.106. The molecule has 0 bridgehead atoms. The van der Waals surface area contributed by atoms with Crippen LogP contribution in [0.25, 0.3) is 0 Å². The molecule has 1 amide bonds. The maximum absolute atomic E-state index is 13.7. The van der Waals surface area contributed by atoms with Crippen molar-refractivity contribution in [1.82, 2.24) is 0 Å². The number of benzene rings is 1. The zero-order chi connectivity index (χ0) is 14.0. The number of carbonyl (C=O) groups is 1. The van der Waals surface area contributed by atoms with Gasteiger partial charge in [-0.05, 0) is 29.6 Å². The van der Waals surface area contributed by atoms with Crippen molar-refractivity contribution in [2.24, 2.45) is 5.14 Å². The SMILES string of the molecule is NS(=O)(=O)c1ccc(NC(=O)c2cccs2)c(F)c1. The van der Waals surface area contributed by atoms with Crippen LogP contribution in [0.3, 0.4) is 0 Å². The molecule has 2 aromatic rings. The summed E-state index contributed by atoms with van der Waals surface area (Å²) in [6.45, 7) is 0. The number of carbonyl (C=O) groups excluding carboxylic acids is 1. The van der Waals surface area contributed by atoms with E-state index in [4.69, 9.17) is 5.14 Å². The molecule has 0 saturated heterocycles. The Labute approximate surface area is 112 Å². The van der Waals surface area contributed by atoms with Crippen molar-refractivity contribution in [2.75, 3.05) is 5.32 Å². The molecule has 100 valence electrons. The van der Waals surface area contributed by atoms with Gasteiger partial charge in [-0.15, -0.1) is 11.3 Å². The number of hydrogen-bond donors (Lipinski definition) is 2. The molecule has 8 heteroatoms. The fourth-order valence-electron chi connectivity index (χ4n) is 1.37. The molecule has 0 aliphatic rings. The van der Waals surface area contributed by atoms with Gasteiger partial charge in [0.15, 0.2) is 0 Å². The summed E-state index contributed by atoms with van der Waals surface area (Å²) >= 11 is 1.21.